The molecule has 2 saturated heterocycles. The van der Waals surface area contributed by atoms with Gasteiger partial charge in [0.2, 0.25) is 0 Å². The van der Waals surface area contributed by atoms with Crippen molar-refractivity contribution in [1.82, 2.24) is 14.8 Å². The third-order valence-electron chi connectivity index (χ3n) is 5.30. The minimum absolute atomic E-state index is 0.133. The number of aromatic nitrogens is 1. The van der Waals surface area contributed by atoms with Crippen LogP contribution in [0, 0.1) is 0 Å². The highest BCUT2D eigenvalue weighted by Crippen LogP contribution is 2.33. The molecule has 0 radical (unpaired) electrons. The first kappa shape index (κ1) is 17.8. The van der Waals surface area contributed by atoms with Crippen molar-refractivity contribution >= 4 is 0 Å². The molecular weight excluding hydrogens is 302 g/mol. The van der Waals surface area contributed by atoms with Crippen LogP contribution in [-0.4, -0.2) is 72.4 Å². The van der Waals surface area contributed by atoms with Crippen LogP contribution in [0.2, 0.25) is 0 Å². The van der Waals surface area contributed by atoms with Gasteiger partial charge in [-0.1, -0.05) is 0 Å². The van der Waals surface area contributed by atoms with Crippen molar-refractivity contribution in [1.29, 1.82) is 0 Å². The molecule has 0 bridgehead atoms. The number of rotatable bonds is 5. The van der Waals surface area contributed by atoms with E-state index in [4.69, 9.17) is 9.47 Å². The van der Waals surface area contributed by atoms with Crippen molar-refractivity contribution in [2.45, 2.75) is 51.0 Å². The van der Waals surface area contributed by atoms with Crippen LogP contribution in [0.15, 0.2) is 24.5 Å². The smallest absolute Gasteiger partial charge is 0.105 e. The van der Waals surface area contributed by atoms with Gasteiger partial charge in [-0.3, -0.25) is 9.88 Å². The van der Waals surface area contributed by atoms with Crippen LogP contribution in [0.1, 0.15) is 32.3 Å². The van der Waals surface area contributed by atoms with E-state index in [1.165, 1.54) is 5.56 Å². The number of hydrogen-bond acceptors (Lipinski definition) is 5. The average Bonchev–Trinajstić information content (AvgIpc) is 2.83. The van der Waals surface area contributed by atoms with Gasteiger partial charge in [0.05, 0.1) is 19.3 Å². The first-order valence-corrected chi connectivity index (χ1v) is 9.13. The van der Waals surface area contributed by atoms with Crippen LogP contribution in [0.4, 0.5) is 0 Å². The summed E-state index contributed by atoms with van der Waals surface area (Å²) < 4.78 is 12.4. The van der Waals surface area contributed by atoms with E-state index >= 15 is 0 Å². The summed E-state index contributed by atoms with van der Waals surface area (Å²) >= 11 is 0. The normalized spacial score (nSPS) is 28.8. The van der Waals surface area contributed by atoms with E-state index in [0.29, 0.717) is 12.1 Å². The monoisotopic (exact) mass is 333 g/mol. The largest absolute Gasteiger partial charge is 0.377 e. The van der Waals surface area contributed by atoms with Crippen LogP contribution in [0.25, 0.3) is 0 Å². The second kappa shape index (κ2) is 7.91. The fourth-order valence-corrected chi connectivity index (χ4v) is 3.64. The highest BCUT2D eigenvalue weighted by atomic mass is 16.6. The molecule has 2 atom stereocenters. The van der Waals surface area contributed by atoms with Gasteiger partial charge < -0.3 is 14.4 Å². The van der Waals surface area contributed by atoms with E-state index < -0.39 is 0 Å². The molecule has 24 heavy (non-hydrogen) atoms. The number of hydrogen-bond donors (Lipinski definition) is 0. The molecule has 1 spiro atoms. The Hall–Kier alpha value is -1.01. The predicted octanol–water partition coefficient (Wildman–Crippen LogP) is 2.17. The third kappa shape index (κ3) is 4.54. The van der Waals surface area contributed by atoms with E-state index in [1.807, 2.05) is 12.4 Å². The van der Waals surface area contributed by atoms with E-state index in [-0.39, 0.29) is 5.60 Å². The van der Waals surface area contributed by atoms with Gasteiger partial charge in [-0.25, -0.2) is 0 Å². The third-order valence-corrected chi connectivity index (χ3v) is 5.30. The minimum atomic E-state index is -0.133. The first-order chi connectivity index (χ1) is 11.6. The van der Waals surface area contributed by atoms with Gasteiger partial charge in [0.25, 0.3) is 0 Å². The van der Waals surface area contributed by atoms with Gasteiger partial charge in [-0.15, -0.1) is 0 Å². The van der Waals surface area contributed by atoms with Crippen molar-refractivity contribution < 1.29 is 9.47 Å². The summed E-state index contributed by atoms with van der Waals surface area (Å²) in [7, 11) is 2.18. The maximum absolute atomic E-state index is 6.54. The summed E-state index contributed by atoms with van der Waals surface area (Å²) in [6.45, 7) is 9.83. The Labute approximate surface area is 145 Å². The predicted molar refractivity (Wildman–Crippen MR) is 94.9 cm³/mol. The molecule has 5 nitrogen and oxygen atoms in total. The molecule has 2 aliphatic rings. The highest BCUT2D eigenvalue weighted by molar-refractivity contribution is 5.10. The zero-order valence-electron chi connectivity index (χ0n) is 15.3. The topological polar surface area (TPSA) is 37.8 Å². The molecule has 3 rings (SSSR count). The molecule has 5 heteroatoms. The van der Waals surface area contributed by atoms with Gasteiger partial charge in [-0.05, 0) is 51.4 Å². The van der Waals surface area contributed by atoms with Crippen molar-refractivity contribution in [2.24, 2.45) is 0 Å². The Morgan fingerprint density at radius 1 is 1.38 bits per heavy atom. The van der Waals surface area contributed by atoms with Gasteiger partial charge in [0.15, 0.2) is 0 Å². The maximum atomic E-state index is 6.54. The summed E-state index contributed by atoms with van der Waals surface area (Å²) in [6, 6.07) is 4.74. The summed E-state index contributed by atoms with van der Waals surface area (Å²) in [6.07, 6.45) is 6.27. The maximum Gasteiger partial charge on any atom is 0.105 e. The molecule has 0 N–H and O–H groups in total. The first-order valence-electron chi connectivity index (χ1n) is 9.13. The summed E-state index contributed by atoms with van der Waals surface area (Å²) in [5, 5.41) is 0. The number of likely N-dealkylation sites (N-methyl/N-ethyl adjacent to an activating group) is 1. The van der Waals surface area contributed by atoms with Gasteiger partial charge in [-0.2, -0.15) is 0 Å². The molecule has 2 fully saturated rings. The molecule has 3 heterocycles. The standard InChI is InChI=1S/C19H31N3O2/c1-16(2)21(3)13-18-4-7-19(24-18)14-22(10-11-23-15-19)12-17-5-8-20-9-6-17/h5-6,8-9,16,18H,4,7,10-15H2,1-3H3/t18-,19-/m1/s1. The molecule has 0 aliphatic carbocycles. The van der Waals surface area contributed by atoms with Crippen molar-refractivity contribution in [3.8, 4) is 0 Å². The zero-order valence-corrected chi connectivity index (χ0v) is 15.3. The van der Waals surface area contributed by atoms with E-state index in [2.05, 4.69) is 47.8 Å². The Morgan fingerprint density at radius 3 is 2.92 bits per heavy atom. The molecule has 0 unspecified atom stereocenters. The van der Waals surface area contributed by atoms with Crippen LogP contribution in [0.5, 0.6) is 0 Å². The lowest BCUT2D eigenvalue weighted by atomic mass is 9.99. The quantitative estimate of drug-likeness (QED) is 0.826. The van der Waals surface area contributed by atoms with Crippen molar-refractivity contribution in [3.05, 3.63) is 30.1 Å². The molecule has 0 aromatic carbocycles. The van der Waals surface area contributed by atoms with E-state index in [1.54, 1.807) is 0 Å². The fourth-order valence-electron chi connectivity index (χ4n) is 3.64. The fraction of sp³-hybridized carbons (Fsp3) is 0.737. The molecular formula is C19H31N3O2. The lowest BCUT2D eigenvalue weighted by Crippen LogP contribution is -2.45. The Kier molecular flexibility index (Phi) is 5.87. The number of nitrogens with zero attached hydrogens (tertiary/aromatic N) is 3. The Balaban J connectivity index is 1.60. The number of ether oxygens (including phenoxy) is 2. The van der Waals surface area contributed by atoms with Crippen LogP contribution >= 0.6 is 0 Å². The molecule has 0 saturated carbocycles. The zero-order chi connectivity index (χ0) is 17.0. The van der Waals surface area contributed by atoms with Crippen LogP contribution in [-0.2, 0) is 16.0 Å². The van der Waals surface area contributed by atoms with E-state index in [9.17, 15) is 0 Å². The van der Waals surface area contributed by atoms with Gasteiger partial charge in [0.1, 0.15) is 5.60 Å². The van der Waals surface area contributed by atoms with Crippen molar-refractivity contribution in [3.63, 3.8) is 0 Å². The lowest BCUT2D eigenvalue weighted by molar-refractivity contribution is -0.0924. The highest BCUT2D eigenvalue weighted by Gasteiger charge is 2.43. The summed E-state index contributed by atoms with van der Waals surface area (Å²) in [5.41, 5.74) is 1.17. The minimum Gasteiger partial charge on any atom is -0.377 e. The van der Waals surface area contributed by atoms with Crippen LogP contribution < -0.4 is 0 Å². The second-order valence-corrected chi connectivity index (χ2v) is 7.61. The van der Waals surface area contributed by atoms with Crippen LogP contribution in [0.3, 0.4) is 0 Å². The molecule has 1 aromatic heterocycles. The molecule has 0 amide bonds. The molecule has 2 aliphatic heterocycles. The molecule has 1 aromatic rings. The Bertz CT molecular complexity index is 511. The van der Waals surface area contributed by atoms with Crippen molar-refractivity contribution in [2.75, 3.05) is 39.9 Å². The van der Waals surface area contributed by atoms with E-state index in [0.717, 1.165) is 52.2 Å². The summed E-state index contributed by atoms with van der Waals surface area (Å²) in [4.78, 5) is 8.95. The number of pyridine rings is 1. The Morgan fingerprint density at radius 2 is 2.17 bits per heavy atom. The SMILES string of the molecule is CC(C)N(C)C[C@H]1CC[C@@]2(COCCN(Cc3ccncc3)C2)O1. The van der Waals surface area contributed by atoms with Gasteiger partial charge in [0, 0.05) is 44.6 Å². The average molecular weight is 333 g/mol. The summed E-state index contributed by atoms with van der Waals surface area (Å²) in [5.74, 6) is 0. The second-order valence-electron chi connectivity index (χ2n) is 7.61. The lowest BCUT2D eigenvalue weighted by Gasteiger charge is -2.33. The molecule has 134 valence electrons. The van der Waals surface area contributed by atoms with Gasteiger partial charge >= 0.3 is 0 Å².